The maximum absolute atomic E-state index is 12.7. The van der Waals surface area contributed by atoms with Crippen molar-refractivity contribution in [2.75, 3.05) is 6.54 Å². The van der Waals surface area contributed by atoms with E-state index in [0.717, 1.165) is 30.5 Å². The van der Waals surface area contributed by atoms with E-state index >= 15 is 0 Å². The van der Waals surface area contributed by atoms with E-state index in [9.17, 15) is 4.79 Å². The summed E-state index contributed by atoms with van der Waals surface area (Å²) in [5.41, 5.74) is 3.91. The van der Waals surface area contributed by atoms with Gasteiger partial charge >= 0.3 is 0 Å². The molecule has 1 saturated carbocycles. The Balaban J connectivity index is 1.32. The molecule has 0 radical (unpaired) electrons. The Hall–Kier alpha value is -2.81. The van der Waals surface area contributed by atoms with Crippen molar-refractivity contribution >= 4 is 5.91 Å². The van der Waals surface area contributed by atoms with Crippen molar-refractivity contribution in [2.45, 2.75) is 31.6 Å². The minimum atomic E-state index is -0.0483. The third-order valence-electron chi connectivity index (χ3n) is 5.66. The van der Waals surface area contributed by atoms with Crippen LogP contribution in [0, 0.1) is 5.92 Å². The van der Waals surface area contributed by atoms with Crippen molar-refractivity contribution in [3.05, 3.63) is 84.3 Å². The van der Waals surface area contributed by atoms with Crippen LogP contribution in [0.3, 0.4) is 0 Å². The molecular formula is C24H25NO2. The summed E-state index contributed by atoms with van der Waals surface area (Å²) in [5, 5.41) is 3.12. The minimum absolute atomic E-state index is 0.0483. The number of amides is 1. The second kappa shape index (κ2) is 8.26. The molecule has 3 heteroatoms. The number of carbonyl (C=O) groups is 1. The third kappa shape index (κ3) is 4.13. The van der Waals surface area contributed by atoms with Crippen LogP contribution in [0.4, 0.5) is 0 Å². The number of benzene rings is 2. The summed E-state index contributed by atoms with van der Waals surface area (Å²) >= 11 is 0. The van der Waals surface area contributed by atoms with Crippen LogP contribution >= 0.6 is 0 Å². The first kappa shape index (κ1) is 17.6. The molecular weight excluding hydrogens is 334 g/mol. The van der Waals surface area contributed by atoms with Crippen molar-refractivity contribution in [2.24, 2.45) is 5.92 Å². The number of rotatable bonds is 5. The maximum atomic E-state index is 12.7. The summed E-state index contributed by atoms with van der Waals surface area (Å²) in [5.74, 6) is 1.17. The van der Waals surface area contributed by atoms with E-state index in [1.807, 2.05) is 30.3 Å². The Morgan fingerprint density at radius 1 is 0.889 bits per heavy atom. The zero-order valence-corrected chi connectivity index (χ0v) is 15.4. The Kier molecular flexibility index (Phi) is 5.38. The summed E-state index contributed by atoms with van der Waals surface area (Å²) in [6.07, 6.45) is 7.92. The molecule has 3 nitrogen and oxygen atoms in total. The van der Waals surface area contributed by atoms with Gasteiger partial charge in [-0.2, -0.15) is 0 Å². The van der Waals surface area contributed by atoms with Crippen molar-refractivity contribution < 1.29 is 9.21 Å². The number of hydrogen-bond acceptors (Lipinski definition) is 2. The van der Waals surface area contributed by atoms with Gasteiger partial charge in [0.1, 0.15) is 6.26 Å². The molecule has 1 N–H and O–H groups in total. The second-order valence-corrected chi connectivity index (χ2v) is 7.40. The predicted octanol–water partition coefficient (Wildman–Crippen LogP) is 5.65. The van der Waals surface area contributed by atoms with E-state index in [1.54, 1.807) is 12.5 Å². The highest BCUT2D eigenvalue weighted by molar-refractivity contribution is 6.00. The van der Waals surface area contributed by atoms with Gasteiger partial charge in [0.05, 0.1) is 11.8 Å². The Bertz CT molecular complexity index is 862. The van der Waals surface area contributed by atoms with E-state index in [1.165, 1.54) is 18.4 Å². The van der Waals surface area contributed by atoms with E-state index in [-0.39, 0.29) is 5.91 Å². The van der Waals surface area contributed by atoms with E-state index in [0.29, 0.717) is 17.4 Å². The molecule has 0 spiro atoms. The quantitative estimate of drug-likeness (QED) is 0.639. The van der Waals surface area contributed by atoms with Crippen LogP contribution in [-0.4, -0.2) is 12.5 Å². The van der Waals surface area contributed by atoms with E-state index in [4.69, 9.17) is 4.42 Å². The molecule has 1 aliphatic rings. The lowest BCUT2D eigenvalue weighted by Gasteiger charge is -2.29. The summed E-state index contributed by atoms with van der Waals surface area (Å²) in [6.45, 7) is 0.736. The molecule has 0 saturated heterocycles. The summed E-state index contributed by atoms with van der Waals surface area (Å²) in [6, 6.07) is 20.7. The molecule has 3 aromatic rings. The van der Waals surface area contributed by atoms with Crippen LogP contribution < -0.4 is 5.32 Å². The zero-order valence-electron chi connectivity index (χ0n) is 15.4. The average molecular weight is 359 g/mol. The van der Waals surface area contributed by atoms with E-state index < -0.39 is 0 Å². The maximum Gasteiger partial charge on any atom is 0.255 e. The first-order chi connectivity index (χ1) is 13.3. The lowest BCUT2D eigenvalue weighted by atomic mass is 9.78. The van der Waals surface area contributed by atoms with Crippen molar-refractivity contribution in [1.82, 2.24) is 5.32 Å². The van der Waals surface area contributed by atoms with Crippen molar-refractivity contribution in [3.8, 4) is 11.1 Å². The molecule has 0 bridgehead atoms. The van der Waals surface area contributed by atoms with Gasteiger partial charge in [-0.3, -0.25) is 4.79 Å². The first-order valence-electron chi connectivity index (χ1n) is 9.76. The van der Waals surface area contributed by atoms with Gasteiger partial charge in [0.15, 0.2) is 0 Å². The predicted molar refractivity (Wildman–Crippen MR) is 108 cm³/mol. The highest BCUT2D eigenvalue weighted by Crippen LogP contribution is 2.35. The third-order valence-corrected chi connectivity index (χ3v) is 5.66. The fourth-order valence-electron chi connectivity index (χ4n) is 4.07. The van der Waals surface area contributed by atoms with E-state index in [2.05, 4.69) is 35.6 Å². The van der Waals surface area contributed by atoms with Gasteiger partial charge in [-0.1, -0.05) is 60.7 Å². The fourth-order valence-corrected chi connectivity index (χ4v) is 4.07. The average Bonchev–Trinajstić information content (AvgIpc) is 3.24. The number of nitrogens with one attached hydrogen (secondary N) is 1. The lowest BCUT2D eigenvalue weighted by molar-refractivity contribution is 0.0943. The molecule has 1 aromatic heterocycles. The summed E-state index contributed by atoms with van der Waals surface area (Å²) in [7, 11) is 0. The first-order valence-corrected chi connectivity index (χ1v) is 9.76. The molecule has 1 fully saturated rings. The van der Waals surface area contributed by atoms with Crippen LogP contribution in [0.25, 0.3) is 11.1 Å². The van der Waals surface area contributed by atoms with Gasteiger partial charge in [-0.15, -0.1) is 0 Å². The molecule has 2 aromatic carbocycles. The Labute approximate surface area is 160 Å². The SMILES string of the molecule is O=C(NCC1CCC(c2ccccc2)CC1)c1cocc1-c1ccccc1. The molecule has 4 rings (SSSR count). The van der Waals surface area contributed by atoms with Gasteiger partial charge in [0, 0.05) is 12.1 Å². The van der Waals surface area contributed by atoms with Gasteiger partial charge in [0.2, 0.25) is 0 Å². The van der Waals surface area contributed by atoms with Crippen molar-refractivity contribution in [1.29, 1.82) is 0 Å². The van der Waals surface area contributed by atoms with Gasteiger partial charge in [-0.05, 0) is 48.6 Å². The topological polar surface area (TPSA) is 42.2 Å². The Morgan fingerprint density at radius 3 is 2.26 bits per heavy atom. The molecule has 27 heavy (non-hydrogen) atoms. The van der Waals surface area contributed by atoms with Crippen LogP contribution in [0.2, 0.25) is 0 Å². The largest absolute Gasteiger partial charge is 0.471 e. The molecule has 1 amide bonds. The highest BCUT2D eigenvalue weighted by Gasteiger charge is 2.23. The highest BCUT2D eigenvalue weighted by atomic mass is 16.3. The smallest absolute Gasteiger partial charge is 0.255 e. The minimum Gasteiger partial charge on any atom is -0.471 e. The number of carbonyl (C=O) groups excluding carboxylic acids is 1. The van der Waals surface area contributed by atoms with Crippen LogP contribution in [0.5, 0.6) is 0 Å². The number of hydrogen-bond donors (Lipinski definition) is 1. The van der Waals surface area contributed by atoms with Gasteiger partial charge in [-0.25, -0.2) is 0 Å². The van der Waals surface area contributed by atoms with Gasteiger partial charge < -0.3 is 9.73 Å². The summed E-state index contributed by atoms with van der Waals surface area (Å²) < 4.78 is 5.32. The normalized spacial score (nSPS) is 19.6. The standard InChI is InChI=1S/C24H25NO2/c26-24(23-17-27-16-22(23)21-9-5-2-6-10-21)25-15-18-11-13-20(14-12-18)19-7-3-1-4-8-19/h1-10,16-18,20H,11-15H2,(H,25,26). The van der Waals surface area contributed by atoms with Crippen LogP contribution in [-0.2, 0) is 0 Å². The van der Waals surface area contributed by atoms with Crippen LogP contribution in [0.1, 0.15) is 47.5 Å². The lowest BCUT2D eigenvalue weighted by Crippen LogP contribution is -2.31. The second-order valence-electron chi connectivity index (χ2n) is 7.40. The Morgan fingerprint density at radius 2 is 1.56 bits per heavy atom. The van der Waals surface area contributed by atoms with Crippen LogP contribution in [0.15, 0.2) is 77.6 Å². The zero-order chi connectivity index (χ0) is 18.5. The molecule has 138 valence electrons. The summed E-state index contributed by atoms with van der Waals surface area (Å²) in [4.78, 5) is 12.7. The number of furan rings is 1. The molecule has 1 aliphatic carbocycles. The molecule has 1 heterocycles. The molecule has 0 atom stereocenters. The van der Waals surface area contributed by atoms with Crippen molar-refractivity contribution in [3.63, 3.8) is 0 Å². The molecule has 0 aliphatic heterocycles. The fraction of sp³-hybridized carbons (Fsp3) is 0.292. The molecule has 0 unspecified atom stereocenters. The monoisotopic (exact) mass is 359 g/mol. The van der Waals surface area contributed by atoms with Gasteiger partial charge in [0.25, 0.3) is 5.91 Å².